The number of benzene rings is 2. The molecule has 0 saturated carbocycles. The van der Waals surface area contributed by atoms with Crippen molar-refractivity contribution in [3.63, 3.8) is 0 Å². The molecule has 0 radical (unpaired) electrons. The molecule has 1 aliphatic heterocycles. The van der Waals surface area contributed by atoms with Crippen molar-refractivity contribution in [3.05, 3.63) is 71.5 Å². The number of amides is 1. The highest BCUT2D eigenvalue weighted by atomic mass is 32.2. The van der Waals surface area contributed by atoms with Crippen LogP contribution in [0.5, 0.6) is 0 Å². The number of aryl methyl sites for hydroxylation is 2. The third-order valence-electron chi connectivity index (χ3n) is 4.30. The number of nitrogens with zero attached hydrogens (tertiary/aromatic N) is 3. The zero-order valence-corrected chi connectivity index (χ0v) is 15.3. The zero-order chi connectivity index (χ0) is 18.1. The third kappa shape index (κ3) is 3.17. The molecule has 1 amide bonds. The van der Waals surface area contributed by atoms with Crippen LogP contribution >= 0.6 is 11.8 Å². The van der Waals surface area contributed by atoms with Gasteiger partial charge in [0.1, 0.15) is 11.1 Å². The Hall–Kier alpha value is -2.80. The standard InChI is InChI=1S/C19H19N5OS/c1-12-7-6-10-15(11-12)20-18(25)17-16(14-8-4-3-5-9-14)23-24-13(2)21-22-19(24)26-17/h3-11,16-17,23H,1-2H3,(H,20,25)/t16-,17+/m0/s1. The summed E-state index contributed by atoms with van der Waals surface area (Å²) in [6, 6.07) is 17.6. The molecule has 0 fully saturated rings. The molecule has 2 atom stereocenters. The van der Waals surface area contributed by atoms with E-state index in [9.17, 15) is 4.79 Å². The van der Waals surface area contributed by atoms with E-state index in [-0.39, 0.29) is 17.2 Å². The molecule has 2 N–H and O–H groups in total. The zero-order valence-electron chi connectivity index (χ0n) is 14.5. The Bertz CT molecular complexity index is 940. The predicted molar refractivity (Wildman–Crippen MR) is 103 cm³/mol. The molecule has 0 aliphatic carbocycles. The van der Waals surface area contributed by atoms with Crippen molar-refractivity contribution in [2.24, 2.45) is 0 Å². The molecule has 26 heavy (non-hydrogen) atoms. The van der Waals surface area contributed by atoms with Crippen LogP contribution in [-0.4, -0.2) is 26.0 Å². The third-order valence-corrected chi connectivity index (χ3v) is 5.52. The van der Waals surface area contributed by atoms with E-state index in [1.54, 1.807) is 0 Å². The Labute approximate surface area is 156 Å². The van der Waals surface area contributed by atoms with Gasteiger partial charge in [-0.25, -0.2) is 4.68 Å². The number of hydrogen-bond donors (Lipinski definition) is 2. The van der Waals surface area contributed by atoms with Crippen LogP contribution < -0.4 is 10.7 Å². The van der Waals surface area contributed by atoms with E-state index in [1.165, 1.54) is 11.8 Å². The number of carbonyl (C=O) groups excluding carboxylic acids is 1. The number of thioether (sulfide) groups is 1. The molecule has 0 saturated heterocycles. The van der Waals surface area contributed by atoms with E-state index in [0.717, 1.165) is 22.6 Å². The quantitative estimate of drug-likeness (QED) is 0.745. The first-order valence-electron chi connectivity index (χ1n) is 8.39. The van der Waals surface area contributed by atoms with E-state index in [4.69, 9.17) is 0 Å². The van der Waals surface area contributed by atoms with Gasteiger partial charge in [-0.05, 0) is 37.1 Å². The van der Waals surface area contributed by atoms with Gasteiger partial charge in [-0.2, -0.15) is 0 Å². The molecule has 2 heterocycles. The topological polar surface area (TPSA) is 71.8 Å². The summed E-state index contributed by atoms with van der Waals surface area (Å²) >= 11 is 1.43. The van der Waals surface area contributed by atoms with Crippen LogP contribution in [-0.2, 0) is 4.79 Å². The highest BCUT2D eigenvalue weighted by Crippen LogP contribution is 2.37. The lowest BCUT2D eigenvalue weighted by molar-refractivity contribution is -0.116. The average molecular weight is 365 g/mol. The Morgan fingerprint density at radius 3 is 2.69 bits per heavy atom. The molecule has 7 heteroatoms. The van der Waals surface area contributed by atoms with Crippen molar-refractivity contribution in [1.29, 1.82) is 0 Å². The summed E-state index contributed by atoms with van der Waals surface area (Å²) in [5.74, 6) is 0.708. The van der Waals surface area contributed by atoms with Crippen molar-refractivity contribution >= 4 is 23.4 Å². The maximum Gasteiger partial charge on any atom is 0.240 e. The van der Waals surface area contributed by atoms with Crippen LogP contribution in [0.4, 0.5) is 5.69 Å². The fraction of sp³-hybridized carbons (Fsp3) is 0.211. The van der Waals surface area contributed by atoms with E-state index in [1.807, 2.05) is 73.1 Å². The Balaban J connectivity index is 1.66. The first-order chi connectivity index (χ1) is 12.6. The van der Waals surface area contributed by atoms with Crippen LogP contribution in [0.25, 0.3) is 0 Å². The van der Waals surface area contributed by atoms with Crippen LogP contribution in [0.15, 0.2) is 59.8 Å². The minimum absolute atomic E-state index is 0.0612. The van der Waals surface area contributed by atoms with E-state index >= 15 is 0 Å². The van der Waals surface area contributed by atoms with Gasteiger partial charge in [0.25, 0.3) is 0 Å². The molecule has 132 valence electrons. The van der Waals surface area contributed by atoms with Crippen molar-refractivity contribution in [2.45, 2.75) is 30.3 Å². The van der Waals surface area contributed by atoms with Gasteiger partial charge >= 0.3 is 0 Å². The highest BCUT2D eigenvalue weighted by molar-refractivity contribution is 8.00. The predicted octanol–water partition coefficient (Wildman–Crippen LogP) is 3.29. The van der Waals surface area contributed by atoms with Gasteiger partial charge in [0.15, 0.2) is 0 Å². The molecule has 3 aromatic rings. The lowest BCUT2D eigenvalue weighted by Gasteiger charge is -2.32. The fourth-order valence-corrected chi connectivity index (χ4v) is 4.13. The number of hydrogen-bond acceptors (Lipinski definition) is 5. The van der Waals surface area contributed by atoms with Crippen molar-refractivity contribution in [2.75, 3.05) is 10.7 Å². The van der Waals surface area contributed by atoms with E-state index in [2.05, 4.69) is 20.9 Å². The second-order valence-corrected chi connectivity index (χ2v) is 7.39. The number of fused-ring (bicyclic) bond motifs is 1. The normalized spacial score (nSPS) is 18.7. The largest absolute Gasteiger partial charge is 0.325 e. The molecule has 4 rings (SSSR count). The first-order valence-corrected chi connectivity index (χ1v) is 9.27. The van der Waals surface area contributed by atoms with Gasteiger partial charge < -0.3 is 10.7 Å². The first kappa shape index (κ1) is 16.7. The summed E-state index contributed by atoms with van der Waals surface area (Å²) in [6.45, 7) is 3.89. The second-order valence-electron chi connectivity index (χ2n) is 6.28. The maximum atomic E-state index is 13.0. The van der Waals surface area contributed by atoms with E-state index in [0.29, 0.717) is 5.16 Å². The van der Waals surface area contributed by atoms with Crippen LogP contribution in [0.3, 0.4) is 0 Å². The highest BCUT2D eigenvalue weighted by Gasteiger charge is 2.37. The molecule has 0 spiro atoms. The van der Waals surface area contributed by atoms with Gasteiger partial charge in [0, 0.05) is 5.69 Å². The summed E-state index contributed by atoms with van der Waals surface area (Å²) in [4.78, 5) is 13.0. The average Bonchev–Trinajstić information content (AvgIpc) is 3.02. The lowest BCUT2D eigenvalue weighted by Crippen LogP contribution is -2.41. The minimum atomic E-state index is -0.367. The van der Waals surface area contributed by atoms with Crippen LogP contribution in [0, 0.1) is 13.8 Å². The molecule has 0 bridgehead atoms. The lowest BCUT2D eigenvalue weighted by atomic mass is 10.0. The number of nitrogens with one attached hydrogen (secondary N) is 2. The molecule has 6 nitrogen and oxygen atoms in total. The fourth-order valence-electron chi connectivity index (χ4n) is 3.01. The van der Waals surface area contributed by atoms with Gasteiger partial charge in [0.05, 0.1) is 6.04 Å². The Kier molecular flexibility index (Phi) is 4.38. The number of rotatable bonds is 3. The molecule has 0 unspecified atom stereocenters. The van der Waals surface area contributed by atoms with E-state index < -0.39 is 0 Å². The summed E-state index contributed by atoms with van der Waals surface area (Å²) < 4.78 is 1.85. The number of carbonyl (C=O) groups is 1. The monoisotopic (exact) mass is 365 g/mol. The molecular formula is C19H19N5OS. The van der Waals surface area contributed by atoms with Crippen molar-refractivity contribution < 1.29 is 4.79 Å². The summed E-state index contributed by atoms with van der Waals surface area (Å²) in [7, 11) is 0. The summed E-state index contributed by atoms with van der Waals surface area (Å²) in [6.07, 6.45) is 0. The Morgan fingerprint density at radius 2 is 1.92 bits per heavy atom. The number of aromatic nitrogens is 3. The molecule has 2 aromatic carbocycles. The smallest absolute Gasteiger partial charge is 0.240 e. The van der Waals surface area contributed by atoms with Gasteiger partial charge in [0.2, 0.25) is 11.1 Å². The summed E-state index contributed by atoms with van der Waals surface area (Å²) in [5, 5.41) is 11.6. The molecular weight excluding hydrogens is 346 g/mol. The van der Waals surface area contributed by atoms with Crippen molar-refractivity contribution in [1.82, 2.24) is 14.9 Å². The van der Waals surface area contributed by atoms with Gasteiger partial charge in [-0.3, -0.25) is 4.79 Å². The van der Waals surface area contributed by atoms with Gasteiger partial charge in [-0.1, -0.05) is 54.2 Å². The maximum absolute atomic E-state index is 13.0. The van der Waals surface area contributed by atoms with Gasteiger partial charge in [-0.15, -0.1) is 10.2 Å². The van der Waals surface area contributed by atoms with Crippen LogP contribution in [0.2, 0.25) is 0 Å². The Morgan fingerprint density at radius 1 is 1.12 bits per heavy atom. The minimum Gasteiger partial charge on any atom is -0.325 e. The summed E-state index contributed by atoms with van der Waals surface area (Å²) in [5.41, 5.74) is 6.35. The SMILES string of the molecule is Cc1cccc(NC(=O)[C@@H]2Sc3nnc(C)n3N[C@H]2c2ccccc2)c1. The molecule has 1 aliphatic rings. The second kappa shape index (κ2) is 6.84. The number of anilines is 1. The molecule has 1 aromatic heterocycles. The van der Waals surface area contributed by atoms with Crippen molar-refractivity contribution in [3.8, 4) is 0 Å². The van der Waals surface area contributed by atoms with Crippen LogP contribution in [0.1, 0.15) is 23.0 Å².